The maximum atomic E-state index is 13.0. The van der Waals surface area contributed by atoms with Crippen LogP contribution in [0.5, 0.6) is 5.88 Å². The molecule has 2 aromatic rings. The predicted molar refractivity (Wildman–Crippen MR) is 185 cm³/mol. The molecule has 4 aliphatic rings. The summed E-state index contributed by atoms with van der Waals surface area (Å²) in [7, 11) is -2.75. The third-order valence-electron chi connectivity index (χ3n) is 12.6. The Bertz CT molecular complexity index is 1830. The zero-order valence-corrected chi connectivity index (χ0v) is 31.6. The van der Waals surface area contributed by atoms with Gasteiger partial charge in [-0.25, -0.2) is 13.2 Å². The molecule has 6 atom stereocenters. The van der Waals surface area contributed by atoms with Gasteiger partial charge in [0, 0.05) is 5.41 Å². The number of hydrogen-bond donors (Lipinski definition) is 0. The van der Waals surface area contributed by atoms with E-state index in [0.717, 1.165) is 63.5 Å². The van der Waals surface area contributed by atoms with E-state index in [1.807, 2.05) is 0 Å². The van der Waals surface area contributed by atoms with Crippen LogP contribution in [0, 0.1) is 38.7 Å². The Hall–Kier alpha value is -4.05. The van der Waals surface area contributed by atoms with Gasteiger partial charge in [-0.2, -0.15) is 0 Å². The fraction of sp³-hybridized carbons (Fsp3) is 0.676. The molecule has 1 aromatic carbocycles. The van der Waals surface area contributed by atoms with Crippen LogP contribution in [0.3, 0.4) is 0 Å². The van der Waals surface area contributed by atoms with Crippen LogP contribution < -0.4 is 9.64 Å². The molecule has 1 aromatic heterocycles. The van der Waals surface area contributed by atoms with Gasteiger partial charge in [-0.05, 0) is 98.0 Å². The first-order valence-corrected chi connectivity index (χ1v) is 19.8. The van der Waals surface area contributed by atoms with Crippen molar-refractivity contribution in [3.8, 4) is 5.88 Å². The van der Waals surface area contributed by atoms with Crippen molar-refractivity contribution in [1.29, 1.82) is 0 Å². The molecule has 6 rings (SSSR count). The van der Waals surface area contributed by atoms with Gasteiger partial charge in [0.2, 0.25) is 0 Å². The van der Waals surface area contributed by atoms with Crippen molar-refractivity contribution >= 4 is 33.5 Å². The summed E-state index contributed by atoms with van der Waals surface area (Å²) < 4.78 is 51.2. The Labute approximate surface area is 309 Å². The Morgan fingerprint density at radius 2 is 1.68 bits per heavy atom. The quantitative estimate of drug-likeness (QED) is 0.0843. The van der Waals surface area contributed by atoms with Gasteiger partial charge in [0.15, 0.2) is 0 Å². The highest BCUT2D eigenvalue weighted by atomic mass is 32.2. The minimum Gasteiger partial charge on any atom is -0.469 e. The number of aromatic nitrogens is 2. The molecule has 0 saturated heterocycles. The summed E-state index contributed by atoms with van der Waals surface area (Å²) in [6, 6.07) is 7.32. The molecular weight excluding hydrogens is 710 g/mol. The van der Waals surface area contributed by atoms with Gasteiger partial charge in [-0.15, -0.1) is 0 Å². The number of oxime groups is 1. The highest BCUT2D eigenvalue weighted by Crippen LogP contribution is 2.73. The topological polar surface area (TPSA) is 197 Å². The fourth-order valence-corrected chi connectivity index (χ4v) is 11.6. The van der Waals surface area contributed by atoms with Crippen molar-refractivity contribution in [3.63, 3.8) is 0 Å². The largest absolute Gasteiger partial charge is 0.469 e. The highest BCUT2D eigenvalue weighted by Gasteiger charge is 2.67. The summed E-state index contributed by atoms with van der Waals surface area (Å²) in [4.78, 5) is 42.9. The molecule has 0 amide bonds. The van der Waals surface area contributed by atoms with Crippen molar-refractivity contribution in [1.82, 2.24) is 5.16 Å². The fourth-order valence-electron chi connectivity index (χ4n) is 10.3. The molecule has 16 heteroatoms. The van der Waals surface area contributed by atoms with E-state index in [-0.39, 0.29) is 77.2 Å². The van der Waals surface area contributed by atoms with E-state index in [2.05, 4.69) is 35.7 Å². The van der Waals surface area contributed by atoms with Crippen LogP contribution in [-0.4, -0.2) is 70.7 Å². The number of sulfone groups is 1. The van der Waals surface area contributed by atoms with Crippen molar-refractivity contribution in [2.45, 2.75) is 101 Å². The molecule has 15 nitrogen and oxygen atoms in total. The lowest BCUT2D eigenvalue weighted by atomic mass is 9.40. The number of rotatable bonds is 14. The molecule has 4 aliphatic carbocycles. The molecule has 0 radical (unpaired) electrons. The molecule has 0 N–H and O–H groups in total. The van der Waals surface area contributed by atoms with Crippen molar-refractivity contribution in [3.05, 3.63) is 35.5 Å². The smallest absolute Gasteiger partial charge is 0.415 e. The van der Waals surface area contributed by atoms with Gasteiger partial charge in [-0.3, -0.25) is 14.2 Å². The highest BCUT2D eigenvalue weighted by molar-refractivity contribution is 7.91. The van der Waals surface area contributed by atoms with Crippen LogP contribution in [0.2, 0.25) is 0 Å². The predicted octanol–water partition coefficient (Wildman–Crippen LogP) is 4.73. The Balaban J connectivity index is 0.915. The molecule has 3 unspecified atom stereocenters. The molecule has 1 spiro atoms. The summed E-state index contributed by atoms with van der Waals surface area (Å²) in [5, 5.41) is 19.0. The molecule has 1 heterocycles. The van der Waals surface area contributed by atoms with Gasteiger partial charge in [0.1, 0.15) is 13.2 Å². The molecule has 0 aliphatic heterocycles. The zero-order valence-electron chi connectivity index (χ0n) is 30.8. The Morgan fingerprint density at radius 1 is 0.962 bits per heavy atom. The number of fused-ring (bicyclic) bond motifs is 3. The standard InChI is InChI=1S/C37H49N3O12S/c1-34-17-13-27-35(2)15-8-16-36(3,33(43)47-4)26(35)14-18-37(27,24-34)23-28(34)38-51-30(42)12-11-29(41)49-21-19-48-20-22-50-31-32(40(44)52-39-31)53(45,46)25-9-6-5-7-10-25/h5-7,9-10,26-27H,8,11-24H2,1-4H3/b38-28-/t26?,27?,34-,35+,36+,37?/m0/s1. The first kappa shape index (κ1) is 38.7. The summed E-state index contributed by atoms with van der Waals surface area (Å²) in [6.07, 6.45) is 8.35. The number of nitrogens with zero attached hydrogens (tertiary/aromatic N) is 3. The van der Waals surface area contributed by atoms with Crippen LogP contribution in [0.25, 0.3) is 0 Å². The van der Waals surface area contributed by atoms with Crippen LogP contribution in [-0.2, 0) is 43.3 Å². The number of ether oxygens (including phenoxy) is 4. The number of carbonyl (C=O) groups is 3. The second-order valence-electron chi connectivity index (χ2n) is 15.8. The lowest BCUT2D eigenvalue weighted by molar-refractivity contribution is -0.832. The maximum Gasteiger partial charge on any atom is 0.415 e. The van der Waals surface area contributed by atoms with E-state index < -0.39 is 38.1 Å². The van der Waals surface area contributed by atoms with Gasteiger partial charge in [-0.1, -0.05) is 43.6 Å². The SMILES string of the molecule is COC(=O)[C@]1(C)CCC[C@@]2(C)C3CC[C@@]4(C)CC3(CCC21)C/C4=N/OC(=O)CCC(=O)OCCOCCOc1no[n+]([O-])c1S(=O)(=O)c1ccccc1. The second-order valence-corrected chi connectivity index (χ2v) is 17.6. The van der Waals surface area contributed by atoms with Crippen molar-refractivity contribution in [2.24, 2.45) is 38.7 Å². The lowest BCUT2D eigenvalue weighted by Gasteiger charge is -2.64. The van der Waals surface area contributed by atoms with Gasteiger partial charge in [0.05, 0.1) is 54.3 Å². The molecule has 2 bridgehead atoms. The minimum atomic E-state index is -4.24. The second kappa shape index (κ2) is 15.0. The summed E-state index contributed by atoms with van der Waals surface area (Å²) in [6.45, 7) is 6.43. The third kappa shape index (κ3) is 7.28. The summed E-state index contributed by atoms with van der Waals surface area (Å²) >= 11 is 0. The van der Waals surface area contributed by atoms with E-state index in [0.29, 0.717) is 5.92 Å². The van der Waals surface area contributed by atoms with Gasteiger partial charge < -0.3 is 29.0 Å². The van der Waals surface area contributed by atoms with Crippen LogP contribution >= 0.6 is 0 Å². The monoisotopic (exact) mass is 759 g/mol. The number of methoxy groups -OCH3 is 1. The van der Waals surface area contributed by atoms with Crippen LogP contribution in [0.1, 0.15) is 91.4 Å². The van der Waals surface area contributed by atoms with Crippen molar-refractivity contribution < 1.29 is 56.1 Å². The maximum absolute atomic E-state index is 13.0. The molecule has 4 saturated carbocycles. The van der Waals surface area contributed by atoms with Gasteiger partial charge in [0.25, 0.3) is 9.84 Å². The summed E-state index contributed by atoms with van der Waals surface area (Å²) in [5.41, 5.74) is 0.389. The Morgan fingerprint density at radius 3 is 2.43 bits per heavy atom. The number of benzene rings is 1. The number of carbonyl (C=O) groups excluding carboxylic acids is 3. The zero-order chi connectivity index (χ0) is 38.1. The Kier molecular flexibility index (Phi) is 10.9. The number of hydrogen-bond acceptors (Lipinski definition) is 14. The molecular formula is C37H49N3O12S. The van der Waals surface area contributed by atoms with Crippen LogP contribution in [0.4, 0.5) is 0 Å². The van der Waals surface area contributed by atoms with E-state index in [4.69, 9.17) is 23.8 Å². The first-order chi connectivity index (χ1) is 25.2. The van der Waals surface area contributed by atoms with Gasteiger partial charge >= 0.3 is 28.8 Å². The molecule has 53 heavy (non-hydrogen) atoms. The minimum absolute atomic E-state index is 0.00574. The molecule has 290 valence electrons. The third-order valence-corrected chi connectivity index (χ3v) is 14.4. The average Bonchev–Trinajstić information content (AvgIpc) is 3.61. The number of esters is 2. The van der Waals surface area contributed by atoms with E-state index in [1.54, 1.807) is 6.07 Å². The van der Waals surface area contributed by atoms with Crippen LogP contribution in [0.15, 0.2) is 50.0 Å². The van der Waals surface area contributed by atoms with E-state index in [9.17, 15) is 28.0 Å². The molecule has 4 fully saturated rings. The first-order valence-electron chi connectivity index (χ1n) is 18.3. The van der Waals surface area contributed by atoms with E-state index >= 15 is 0 Å². The normalized spacial score (nSPS) is 31.3. The van der Waals surface area contributed by atoms with E-state index in [1.165, 1.54) is 31.4 Å². The lowest BCUT2D eigenvalue weighted by Crippen LogP contribution is -2.58. The summed E-state index contributed by atoms with van der Waals surface area (Å²) in [5.74, 6) is -1.08. The van der Waals surface area contributed by atoms with Crippen molar-refractivity contribution in [2.75, 3.05) is 33.5 Å². The average molecular weight is 760 g/mol.